The molecule has 0 aliphatic carbocycles. The predicted molar refractivity (Wildman–Crippen MR) is 121 cm³/mol. The summed E-state index contributed by atoms with van der Waals surface area (Å²) in [7, 11) is 0. The summed E-state index contributed by atoms with van der Waals surface area (Å²) in [5, 5.41) is 6.76. The van der Waals surface area contributed by atoms with Crippen molar-refractivity contribution in [3.05, 3.63) is 35.9 Å². The van der Waals surface area contributed by atoms with E-state index in [9.17, 15) is 4.79 Å². The molecular weight excluding hydrogens is 393 g/mol. The molecule has 2 fully saturated rings. The Morgan fingerprint density at radius 1 is 1.14 bits per heavy atom. The second-order valence-corrected chi connectivity index (χ2v) is 8.25. The minimum Gasteiger partial charge on any atom is -0.353 e. The van der Waals surface area contributed by atoms with Crippen LogP contribution in [-0.4, -0.2) is 43.0 Å². The molecule has 28 heavy (non-hydrogen) atoms. The van der Waals surface area contributed by atoms with Crippen molar-refractivity contribution in [1.82, 2.24) is 15.5 Å². The molecule has 1 amide bonds. The van der Waals surface area contributed by atoms with Crippen molar-refractivity contribution in [3.8, 4) is 0 Å². The van der Waals surface area contributed by atoms with E-state index < -0.39 is 0 Å². The standard InChI is InChI=1S/C22H35N3O.2ClH/c1-17(20-9-6-12-23-16-20)15-22(26)24-21-10-13-25(14-11-21)18(2)19-7-4-3-5-8-19;;/h3-5,7-8,17-18,20-21,23H,6,9-16H2,1-2H3,(H,24,26);2*1H. The third-order valence-electron chi connectivity index (χ3n) is 6.37. The second-order valence-electron chi connectivity index (χ2n) is 8.25. The maximum atomic E-state index is 12.5. The monoisotopic (exact) mass is 429 g/mol. The highest BCUT2D eigenvalue weighted by atomic mass is 35.5. The van der Waals surface area contributed by atoms with Gasteiger partial charge < -0.3 is 10.6 Å². The maximum absolute atomic E-state index is 12.5. The Morgan fingerprint density at radius 3 is 2.43 bits per heavy atom. The van der Waals surface area contributed by atoms with Crippen LogP contribution in [-0.2, 0) is 4.79 Å². The Bertz CT molecular complexity index is 558. The number of hydrogen-bond donors (Lipinski definition) is 2. The Kier molecular flexibility index (Phi) is 11.4. The van der Waals surface area contributed by atoms with Crippen LogP contribution >= 0.6 is 24.8 Å². The Morgan fingerprint density at radius 2 is 1.82 bits per heavy atom. The van der Waals surface area contributed by atoms with Gasteiger partial charge in [-0.2, -0.15) is 0 Å². The minimum absolute atomic E-state index is 0. The van der Waals surface area contributed by atoms with Crippen molar-refractivity contribution in [3.63, 3.8) is 0 Å². The van der Waals surface area contributed by atoms with Gasteiger partial charge in [0.2, 0.25) is 5.91 Å². The molecule has 3 rings (SSSR count). The van der Waals surface area contributed by atoms with Crippen LogP contribution in [0.4, 0.5) is 0 Å². The number of nitrogens with one attached hydrogen (secondary N) is 2. The maximum Gasteiger partial charge on any atom is 0.220 e. The van der Waals surface area contributed by atoms with Crippen LogP contribution in [0.3, 0.4) is 0 Å². The van der Waals surface area contributed by atoms with Gasteiger partial charge in [-0.25, -0.2) is 0 Å². The highest BCUT2D eigenvalue weighted by Crippen LogP contribution is 2.25. The average Bonchev–Trinajstić information content (AvgIpc) is 2.69. The number of benzene rings is 1. The Balaban J connectivity index is 0.00000196. The quantitative estimate of drug-likeness (QED) is 0.711. The number of amides is 1. The molecule has 3 atom stereocenters. The lowest BCUT2D eigenvalue weighted by atomic mass is 9.85. The van der Waals surface area contributed by atoms with Crippen LogP contribution in [0.25, 0.3) is 0 Å². The van der Waals surface area contributed by atoms with Gasteiger partial charge in [0, 0.05) is 31.6 Å². The first kappa shape index (κ1) is 25.2. The third kappa shape index (κ3) is 7.22. The van der Waals surface area contributed by atoms with Crippen molar-refractivity contribution in [2.75, 3.05) is 26.2 Å². The molecule has 2 heterocycles. The minimum atomic E-state index is 0. The molecule has 0 spiro atoms. The topological polar surface area (TPSA) is 44.4 Å². The van der Waals surface area contributed by atoms with Gasteiger partial charge in [0.05, 0.1) is 0 Å². The number of hydrogen-bond acceptors (Lipinski definition) is 3. The fourth-order valence-corrected chi connectivity index (χ4v) is 4.48. The molecule has 0 bridgehead atoms. The van der Waals surface area contributed by atoms with Crippen molar-refractivity contribution >= 4 is 30.7 Å². The Hall–Kier alpha value is -0.810. The molecule has 6 heteroatoms. The molecule has 2 aliphatic heterocycles. The van der Waals surface area contributed by atoms with E-state index in [-0.39, 0.29) is 30.7 Å². The van der Waals surface area contributed by atoms with Gasteiger partial charge >= 0.3 is 0 Å². The molecule has 2 aliphatic rings. The number of nitrogens with zero attached hydrogens (tertiary/aromatic N) is 1. The lowest BCUT2D eigenvalue weighted by Gasteiger charge is -2.36. The van der Waals surface area contributed by atoms with Gasteiger partial charge in [-0.3, -0.25) is 9.69 Å². The summed E-state index contributed by atoms with van der Waals surface area (Å²) in [5.41, 5.74) is 1.38. The van der Waals surface area contributed by atoms with E-state index in [0.717, 1.165) is 39.0 Å². The van der Waals surface area contributed by atoms with E-state index in [1.54, 1.807) is 0 Å². The molecule has 1 aromatic rings. The zero-order valence-corrected chi connectivity index (χ0v) is 18.9. The van der Waals surface area contributed by atoms with E-state index in [1.807, 2.05) is 0 Å². The molecule has 2 saturated heterocycles. The van der Waals surface area contributed by atoms with Crippen LogP contribution in [0, 0.1) is 11.8 Å². The third-order valence-corrected chi connectivity index (χ3v) is 6.37. The fraction of sp³-hybridized carbons (Fsp3) is 0.682. The van der Waals surface area contributed by atoms with Crippen LogP contribution in [0.5, 0.6) is 0 Å². The largest absolute Gasteiger partial charge is 0.353 e. The number of carbonyl (C=O) groups excluding carboxylic acids is 1. The zero-order chi connectivity index (χ0) is 18.4. The molecular formula is C22H37Cl2N3O. The van der Waals surface area contributed by atoms with Crippen LogP contribution in [0.15, 0.2) is 30.3 Å². The highest BCUT2D eigenvalue weighted by molar-refractivity contribution is 5.85. The van der Waals surface area contributed by atoms with Crippen LogP contribution in [0.1, 0.15) is 57.6 Å². The summed E-state index contributed by atoms with van der Waals surface area (Å²) in [5.74, 6) is 1.38. The summed E-state index contributed by atoms with van der Waals surface area (Å²) >= 11 is 0. The van der Waals surface area contributed by atoms with Crippen molar-refractivity contribution < 1.29 is 4.79 Å². The molecule has 4 nitrogen and oxygen atoms in total. The van der Waals surface area contributed by atoms with Crippen LogP contribution < -0.4 is 10.6 Å². The van der Waals surface area contributed by atoms with Gasteiger partial charge in [-0.15, -0.1) is 24.8 Å². The van der Waals surface area contributed by atoms with E-state index in [0.29, 0.717) is 30.3 Å². The molecule has 2 N–H and O–H groups in total. The van der Waals surface area contributed by atoms with E-state index >= 15 is 0 Å². The van der Waals surface area contributed by atoms with Gasteiger partial charge in [0.25, 0.3) is 0 Å². The number of rotatable bonds is 6. The van der Waals surface area contributed by atoms with Gasteiger partial charge in [-0.1, -0.05) is 37.3 Å². The lowest BCUT2D eigenvalue weighted by molar-refractivity contribution is -0.123. The molecule has 160 valence electrons. The molecule has 3 unspecified atom stereocenters. The predicted octanol–water partition coefficient (Wildman–Crippen LogP) is 4.20. The summed E-state index contributed by atoms with van der Waals surface area (Å²) in [6, 6.07) is 11.5. The van der Waals surface area contributed by atoms with E-state index in [2.05, 4.69) is 59.7 Å². The second kappa shape index (κ2) is 12.7. The zero-order valence-electron chi connectivity index (χ0n) is 17.2. The van der Waals surface area contributed by atoms with E-state index in [1.165, 1.54) is 18.4 Å². The van der Waals surface area contributed by atoms with Gasteiger partial charge in [0.15, 0.2) is 0 Å². The SMILES string of the molecule is CC(CC(=O)NC1CCN(C(C)c2ccccc2)CC1)C1CCCNC1.Cl.Cl. The van der Waals surface area contributed by atoms with Crippen molar-refractivity contribution in [2.24, 2.45) is 11.8 Å². The van der Waals surface area contributed by atoms with Crippen molar-refractivity contribution in [1.29, 1.82) is 0 Å². The normalized spacial score (nSPS) is 23.0. The first-order chi connectivity index (χ1) is 12.6. The van der Waals surface area contributed by atoms with Crippen LogP contribution in [0.2, 0.25) is 0 Å². The highest BCUT2D eigenvalue weighted by Gasteiger charge is 2.26. The lowest BCUT2D eigenvalue weighted by Crippen LogP contribution is -2.46. The molecule has 1 aromatic carbocycles. The summed E-state index contributed by atoms with van der Waals surface area (Å²) in [6.45, 7) is 8.85. The summed E-state index contributed by atoms with van der Waals surface area (Å²) in [6.07, 6.45) is 5.30. The number of piperidine rings is 2. The molecule has 0 saturated carbocycles. The van der Waals surface area contributed by atoms with Gasteiger partial charge in [-0.05, 0) is 63.1 Å². The average molecular weight is 430 g/mol. The van der Waals surface area contributed by atoms with E-state index in [4.69, 9.17) is 0 Å². The molecule has 0 radical (unpaired) electrons. The number of halogens is 2. The summed E-state index contributed by atoms with van der Waals surface area (Å²) < 4.78 is 0. The smallest absolute Gasteiger partial charge is 0.220 e. The number of likely N-dealkylation sites (tertiary alicyclic amines) is 1. The summed E-state index contributed by atoms with van der Waals surface area (Å²) in [4.78, 5) is 15.0. The van der Waals surface area contributed by atoms with Crippen molar-refractivity contribution in [2.45, 2.75) is 58.0 Å². The molecule has 0 aromatic heterocycles. The fourth-order valence-electron chi connectivity index (χ4n) is 4.48. The first-order valence-electron chi connectivity index (χ1n) is 10.4. The first-order valence-corrected chi connectivity index (χ1v) is 10.4. The van der Waals surface area contributed by atoms with Gasteiger partial charge in [0.1, 0.15) is 0 Å². The number of carbonyl (C=O) groups is 1. The Labute approximate surface area is 183 Å².